The summed E-state index contributed by atoms with van der Waals surface area (Å²) in [7, 11) is 0. The van der Waals surface area contributed by atoms with E-state index in [4.69, 9.17) is 0 Å². The van der Waals surface area contributed by atoms with Crippen LogP contribution in [-0.4, -0.2) is 41.1 Å². The molecule has 1 N–H and O–H groups in total. The number of hydrogen-bond donors (Lipinski definition) is 1. The van der Waals surface area contributed by atoms with Gasteiger partial charge in [-0.1, -0.05) is 44.7 Å². The van der Waals surface area contributed by atoms with Crippen molar-refractivity contribution in [3.63, 3.8) is 0 Å². The molecular weight excluding hydrogens is 356 g/mol. The van der Waals surface area contributed by atoms with Gasteiger partial charge in [-0.05, 0) is 45.5 Å². The maximum Gasteiger partial charge on any atom is 0.266 e. The summed E-state index contributed by atoms with van der Waals surface area (Å²) in [5, 5.41) is 15.3. The zero-order chi connectivity index (χ0) is 21.7. The van der Waals surface area contributed by atoms with E-state index in [0.29, 0.717) is 29.0 Å². The highest BCUT2D eigenvalue weighted by atomic mass is 16.6. The molecule has 0 aromatic heterocycles. The van der Waals surface area contributed by atoms with Crippen molar-refractivity contribution >= 4 is 11.6 Å². The first-order valence-corrected chi connectivity index (χ1v) is 9.29. The van der Waals surface area contributed by atoms with Crippen molar-refractivity contribution in [1.29, 1.82) is 0 Å². The SMILES string of the molecule is C=C(/C=C\C(CN(CC)CC)=C(/C)[N+](=O)[O-])C(/C=C/C)=N/NC(=O)/C(C)=C/C. The third kappa shape index (κ3) is 8.73. The minimum Gasteiger partial charge on any atom is -0.299 e. The maximum atomic E-state index is 11.9. The predicted octanol–water partition coefficient (Wildman–Crippen LogP) is 4.01. The Balaban J connectivity index is 5.64. The average molecular weight is 389 g/mol. The molecule has 7 nitrogen and oxygen atoms in total. The Morgan fingerprint density at radius 2 is 1.79 bits per heavy atom. The Bertz CT molecular complexity index is 724. The van der Waals surface area contributed by atoms with E-state index in [1.54, 1.807) is 44.2 Å². The number of rotatable bonds is 11. The Morgan fingerprint density at radius 1 is 1.18 bits per heavy atom. The third-order valence-corrected chi connectivity index (χ3v) is 4.24. The quantitative estimate of drug-likeness (QED) is 0.190. The molecule has 0 heterocycles. The van der Waals surface area contributed by atoms with E-state index >= 15 is 0 Å². The van der Waals surface area contributed by atoms with Crippen LogP contribution in [0.1, 0.15) is 41.5 Å². The molecule has 0 saturated heterocycles. The Hall–Kier alpha value is -2.80. The average Bonchev–Trinajstić information content (AvgIpc) is 2.69. The fourth-order valence-electron chi connectivity index (χ4n) is 2.08. The number of nitrogens with one attached hydrogen (secondary N) is 1. The van der Waals surface area contributed by atoms with Gasteiger partial charge in [0, 0.05) is 24.6 Å². The summed E-state index contributed by atoms with van der Waals surface area (Å²) in [5.74, 6) is -0.299. The Kier molecular flexibility index (Phi) is 12.0. The van der Waals surface area contributed by atoms with Crippen LogP contribution >= 0.6 is 0 Å². The summed E-state index contributed by atoms with van der Waals surface area (Å²) in [6.07, 6.45) is 8.56. The number of likely N-dealkylation sites (N-methyl/N-ethyl adjacent to an activating group) is 1. The standard InChI is InChI=1S/C21H32N4O3/c1-8-12-20(22-23-21(26)16(5)9-2)17(6)13-14-19(18(7)25(27)28)15-24(10-3)11-4/h8-9,12-14H,6,10-11,15H2,1-5,7H3,(H,23,26)/b12-8+,14-13-,16-9+,19-18-,22-20+. The molecule has 0 aromatic carbocycles. The van der Waals surface area contributed by atoms with Crippen LogP contribution < -0.4 is 5.43 Å². The fraction of sp³-hybridized carbons (Fsp3) is 0.429. The molecular formula is C21H32N4O3. The van der Waals surface area contributed by atoms with E-state index in [1.165, 1.54) is 6.92 Å². The molecule has 0 atom stereocenters. The highest BCUT2D eigenvalue weighted by Crippen LogP contribution is 2.12. The molecule has 154 valence electrons. The molecule has 0 rings (SSSR count). The van der Waals surface area contributed by atoms with Gasteiger partial charge in [0.15, 0.2) is 0 Å². The van der Waals surface area contributed by atoms with Crippen molar-refractivity contribution in [3.05, 3.63) is 69.5 Å². The highest BCUT2D eigenvalue weighted by Gasteiger charge is 2.13. The smallest absolute Gasteiger partial charge is 0.266 e. The topological polar surface area (TPSA) is 87.8 Å². The van der Waals surface area contributed by atoms with Crippen LogP contribution in [0.3, 0.4) is 0 Å². The summed E-state index contributed by atoms with van der Waals surface area (Å²) in [6, 6.07) is 0. The van der Waals surface area contributed by atoms with Crippen molar-refractivity contribution < 1.29 is 9.72 Å². The molecule has 0 fully saturated rings. The van der Waals surface area contributed by atoms with E-state index in [9.17, 15) is 14.9 Å². The van der Waals surface area contributed by atoms with Crippen LogP contribution in [0, 0.1) is 10.1 Å². The molecule has 0 aliphatic carbocycles. The second-order valence-corrected chi connectivity index (χ2v) is 6.10. The van der Waals surface area contributed by atoms with E-state index in [1.807, 2.05) is 20.8 Å². The second kappa shape index (κ2) is 13.4. The van der Waals surface area contributed by atoms with Gasteiger partial charge >= 0.3 is 0 Å². The first-order chi connectivity index (χ1) is 13.2. The zero-order valence-corrected chi connectivity index (χ0v) is 17.8. The van der Waals surface area contributed by atoms with Gasteiger partial charge in [0.25, 0.3) is 5.91 Å². The highest BCUT2D eigenvalue weighted by molar-refractivity contribution is 6.10. The van der Waals surface area contributed by atoms with Crippen molar-refractivity contribution in [3.8, 4) is 0 Å². The van der Waals surface area contributed by atoms with Crippen LogP contribution in [0.5, 0.6) is 0 Å². The van der Waals surface area contributed by atoms with Gasteiger partial charge in [-0.15, -0.1) is 0 Å². The van der Waals surface area contributed by atoms with Gasteiger partial charge in [0.1, 0.15) is 0 Å². The lowest BCUT2D eigenvalue weighted by Gasteiger charge is -2.18. The lowest BCUT2D eigenvalue weighted by molar-refractivity contribution is -0.425. The summed E-state index contributed by atoms with van der Waals surface area (Å²) < 4.78 is 0. The maximum absolute atomic E-state index is 11.9. The number of allylic oxidation sites excluding steroid dienone is 6. The summed E-state index contributed by atoms with van der Waals surface area (Å²) in [5.41, 5.74) is 4.73. The molecule has 0 unspecified atom stereocenters. The van der Waals surface area contributed by atoms with Crippen LogP contribution in [-0.2, 0) is 4.79 Å². The normalized spacial score (nSPS) is 14.0. The first-order valence-electron chi connectivity index (χ1n) is 9.29. The van der Waals surface area contributed by atoms with Crippen LogP contribution in [0.2, 0.25) is 0 Å². The van der Waals surface area contributed by atoms with Gasteiger partial charge in [0.2, 0.25) is 5.70 Å². The Morgan fingerprint density at radius 3 is 2.25 bits per heavy atom. The predicted molar refractivity (Wildman–Crippen MR) is 116 cm³/mol. The molecule has 28 heavy (non-hydrogen) atoms. The molecule has 0 spiro atoms. The van der Waals surface area contributed by atoms with E-state index in [2.05, 4.69) is 22.0 Å². The molecule has 0 radical (unpaired) electrons. The van der Waals surface area contributed by atoms with Gasteiger partial charge in [0.05, 0.1) is 10.6 Å². The van der Waals surface area contributed by atoms with Crippen molar-refractivity contribution in [1.82, 2.24) is 10.3 Å². The van der Waals surface area contributed by atoms with Gasteiger partial charge in [-0.2, -0.15) is 5.10 Å². The zero-order valence-electron chi connectivity index (χ0n) is 17.8. The summed E-state index contributed by atoms with van der Waals surface area (Å²) >= 11 is 0. The minimum absolute atomic E-state index is 0.0949. The summed E-state index contributed by atoms with van der Waals surface area (Å²) in [6.45, 7) is 16.8. The first kappa shape index (κ1) is 25.2. The van der Waals surface area contributed by atoms with Crippen LogP contribution in [0.25, 0.3) is 0 Å². The van der Waals surface area contributed by atoms with Gasteiger partial charge < -0.3 is 0 Å². The van der Waals surface area contributed by atoms with Gasteiger partial charge in [-0.25, -0.2) is 5.43 Å². The van der Waals surface area contributed by atoms with Crippen molar-refractivity contribution in [2.45, 2.75) is 41.5 Å². The lowest BCUT2D eigenvalue weighted by Crippen LogP contribution is -2.26. The minimum atomic E-state index is -0.382. The molecule has 0 aliphatic heterocycles. The summed E-state index contributed by atoms with van der Waals surface area (Å²) in [4.78, 5) is 24.8. The monoisotopic (exact) mass is 388 g/mol. The van der Waals surface area contributed by atoms with E-state index in [0.717, 1.165) is 13.1 Å². The van der Waals surface area contributed by atoms with E-state index < -0.39 is 0 Å². The molecule has 0 bridgehead atoms. The number of nitro groups is 1. The number of carbonyl (C=O) groups is 1. The Labute approximate surface area is 168 Å². The number of carbonyl (C=O) groups excluding carboxylic acids is 1. The molecule has 0 aliphatic rings. The van der Waals surface area contributed by atoms with Crippen LogP contribution in [0.4, 0.5) is 0 Å². The van der Waals surface area contributed by atoms with Crippen molar-refractivity contribution in [2.24, 2.45) is 5.10 Å². The van der Waals surface area contributed by atoms with Crippen LogP contribution in [0.15, 0.2) is 64.5 Å². The third-order valence-electron chi connectivity index (χ3n) is 4.24. The second-order valence-electron chi connectivity index (χ2n) is 6.10. The lowest BCUT2D eigenvalue weighted by atomic mass is 10.1. The van der Waals surface area contributed by atoms with E-state index in [-0.39, 0.29) is 16.5 Å². The molecule has 0 aromatic rings. The molecule has 7 heteroatoms. The van der Waals surface area contributed by atoms with Crippen molar-refractivity contribution in [2.75, 3.05) is 19.6 Å². The number of nitrogens with zero attached hydrogens (tertiary/aromatic N) is 3. The largest absolute Gasteiger partial charge is 0.299 e. The van der Waals surface area contributed by atoms with Gasteiger partial charge in [-0.3, -0.25) is 19.8 Å². The number of hydrazone groups is 1. The number of hydrogen-bond acceptors (Lipinski definition) is 5. The number of amides is 1. The fourth-order valence-corrected chi connectivity index (χ4v) is 2.08. The molecule has 1 amide bonds. The molecule has 0 saturated carbocycles.